The SMILES string of the molecule is Cc1ccc(NC(=O)CN(C)C(=O)COC(=O)/C=C/c2sccc2C)cc1. The zero-order valence-corrected chi connectivity index (χ0v) is 16.3. The Balaban J connectivity index is 1.75. The molecule has 0 aliphatic heterocycles. The van der Waals surface area contributed by atoms with Crippen LogP contribution in [0.2, 0.25) is 0 Å². The molecular formula is C20H22N2O4S. The summed E-state index contributed by atoms with van der Waals surface area (Å²) >= 11 is 1.51. The van der Waals surface area contributed by atoms with Crippen LogP contribution in [0.15, 0.2) is 41.8 Å². The van der Waals surface area contributed by atoms with E-state index in [1.54, 1.807) is 18.2 Å². The van der Waals surface area contributed by atoms with E-state index in [0.29, 0.717) is 5.69 Å². The molecule has 0 atom stereocenters. The van der Waals surface area contributed by atoms with E-state index < -0.39 is 18.5 Å². The summed E-state index contributed by atoms with van der Waals surface area (Å²) in [5.41, 5.74) is 2.82. The average Bonchev–Trinajstić information content (AvgIpc) is 3.04. The van der Waals surface area contributed by atoms with Crippen molar-refractivity contribution in [3.63, 3.8) is 0 Å². The molecule has 2 amide bonds. The van der Waals surface area contributed by atoms with E-state index in [2.05, 4.69) is 5.32 Å². The van der Waals surface area contributed by atoms with Gasteiger partial charge in [-0.1, -0.05) is 17.7 Å². The van der Waals surface area contributed by atoms with Crippen LogP contribution in [0.1, 0.15) is 16.0 Å². The van der Waals surface area contributed by atoms with Gasteiger partial charge < -0.3 is 15.0 Å². The fourth-order valence-electron chi connectivity index (χ4n) is 2.13. The van der Waals surface area contributed by atoms with Crippen LogP contribution in [-0.4, -0.2) is 42.9 Å². The third-order valence-electron chi connectivity index (χ3n) is 3.75. The van der Waals surface area contributed by atoms with Crippen molar-refractivity contribution >= 4 is 40.9 Å². The number of carbonyl (C=O) groups is 3. The Morgan fingerprint density at radius 2 is 1.85 bits per heavy atom. The van der Waals surface area contributed by atoms with Crippen LogP contribution >= 0.6 is 11.3 Å². The maximum atomic E-state index is 12.0. The number of esters is 1. The van der Waals surface area contributed by atoms with E-state index in [-0.39, 0.29) is 12.5 Å². The summed E-state index contributed by atoms with van der Waals surface area (Å²) in [6.07, 6.45) is 2.95. The molecule has 7 heteroatoms. The van der Waals surface area contributed by atoms with Crippen LogP contribution < -0.4 is 5.32 Å². The maximum absolute atomic E-state index is 12.0. The van der Waals surface area contributed by atoms with Gasteiger partial charge in [-0.25, -0.2) is 4.79 Å². The summed E-state index contributed by atoms with van der Waals surface area (Å²) in [4.78, 5) is 37.9. The highest BCUT2D eigenvalue weighted by Crippen LogP contribution is 2.17. The zero-order valence-electron chi connectivity index (χ0n) is 15.5. The number of nitrogens with one attached hydrogen (secondary N) is 1. The lowest BCUT2D eigenvalue weighted by Crippen LogP contribution is -2.37. The summed E-state index contributed by atoms with van der Waals surface area (Å²) in [6, 6.07) is 9.30. The summed E-state index contributed by atoms with van der Waals surface area (Å²) in [6.45, 7) is 3.35. The van der Waals surface area contributed by atoms with Crippen molar-refractivity contribution in [3.8, 4) is 0 Å². The predicted molar refractivity (Wildman–Crippen MR) is 106 cm³/mol. The highest BCUT2D eigenvalue weighted by Gasteiger charge is 2.14. The van der Waals surface area contributed by atoms with E-state index in [9.17, 15) is 14.4 Å². The number of likely N-dealkylation sites (N-methyl/N-ethyl adjacent to an activating group) is 1. The van der Waals surface area contributed by atoms with Crippen LogP contribution in [-0.2, 0) is 19.1 Å². The molecule has 2 aromatic rings. The summed E-state index contributed by atoms with van der Waals surface area (Å²) in [5.74, 6) is -1.38. The fourth-order valence-corrected chi connectivity index (χ4v) is 2.95. The first kappa shape index (κ1) is 20.4. The Morgan fingerprint density at radius 1 is 1.15 bits per heavy atom. The number of amides is 2. The van der Waals surface area contributed by atoms with Crippen molar-refractivity contribution in [2.75, 3.05) is 25.5 Å². The van der Waals surface area contributed by atoms with Crippen molar-refractivity contribution < 1.29 is 19.1 Å². The molecule has 0 unspecified atom stereocenters. The smallest absolute Gasteiger partial charge is 0.331 e. The first-order valence-electron chi connectivity index (χ1n) is 8.34. The number of benzene rings is 1. The number of hydrogen-bond acceptors (Lipinski definition) is 5. The Hall–Kier alpha value is -2.93. The molecule has 1 aromatic heterocycles. The lowest BCUT2D eigenvalue weighted by molar-refractivity contribution is -0.148. The number of hydrogen-bond donors (Lipinski definition) is 1. The second kappa shape index (κ2) is 9.68. The van der Waals surface area contributed by atoms with E-state index in [4.69, 9.17) is 4.74 Å². The largest absolute Gasteiger partial charge is 0.452 e. The molecule has 1 heterocycles. The number of aryl methyl sites for hydroxylation is 2. The number of nitrogens with zero attached hydrogens (tertiary/aromatic N) is 1. The Labute approximate surface area is 162 Å². The summed E-state index contributed by atoms with van der Waals surface area (Å²) < 4.78 is 4.93. The zero-order chi connectivity index (χ0) is 19.8. The van der Waals surface area contributed by atoms with Crippen molar-refractivity contribution in [3.05, 3.63) is 57.8 Å². The number of thiophene rings is 1. The first-order chi connectivity index (χ1) is 12.8. The van der Waals surface area contributed by atoms with E-state index in [1.165, 1.54) is 29.4 Å². The van der Waals surface area contributed by atoms with Crippen LogP contribution in [0.25, 0.3) is 6.08 Å². The van der Waals surface area contributed by atoms with Gasteiger partial charge in [0.15, 0.2) is 6.61 Å². The highest BCUT2D eigenvalue weighted by atomic mass is 32.1. The highest BCUT2D eigenvalue weighted by molar-refractivity contribution is 7.11. The molecule has 0 bridgehead atoms. The Kier molecular flexibility index (Phi) is 7.31. The van der Waals surface area contributed by atoms with Gasteiger partial charge in [-0.3, -0.25) is 9.59 Å². The minimum Gasteiger partial charge on any atom is -0.452 e. The lowest BCUT2D eigenvalue weighted by Gasteiger charge is -2.16. The van der Waals surface area contributed by atoms with Crippen LogP contribution in [0.5, 0.6) is 0 Å². The van der Waals surface area contributed by atoms with Crippen LogP contribution in [0.3, 0.4) is 0 Å². The van der Waals surface area contributed by atoms with Crippen LogP contribution in [0.4, 0.5) is 5.69 Å². The van der Waals surface area contributed by atoms with Crippen molar-refractivity contribution in [2.24, 2.45) is 0 Å². The van der Waals surface area contributed by atoms with Gasteiger partial charge >= 0.3 is 5.97 Å². The van der Waals surface area contributed by atoms with E-state index >= 15 is 0 Å². The lowest BCUT2D eigenvalue weighted by atomic mass is 10.2. The molecule has 0 fully saturated rings. The van der Waals surface area contributed by atoms with E-state index in [1.807, 2.05) is 37.4 Å². The Morgan fingerprint density at radius 3 is 2.48 bits per heavy atom. The van der Waals surface area contributed by atoms with E-state index in [0.717, 1.165) is 16.0 Å². The van der Waals surface area contributed by atoms with Crippen molar-refractivity contribution in [1.29, 1.82) is 0 Å². The van der Waals surface area contributed by atoms with Gasteiger partial charge in [-0.2, -0.15) is 0 Å². The minimum atomic E-state index is -0.603. The second-order valence-electron chi connectivity index (χ2n) is 6.07. The predicted octanol–water partition coefficient (Wildman–Crippen LogP) is 3.02. The monoisotopic (exact) mass is 386 g/mol. The van der Waals surface area contributed by atoms with Crippen molar-refractivity contribution in [2.45, 2.75) is 13.8 Å². The van der Waals surface area contributed by atoms with Gasteiger partial charge in [-0.15, -0.1) is 11.3 Å². The molecular weight excluding hydrogens is 364 g/mol. The third kappa shape index (κ3) is 6.71. The van der Waals surface area contributed by atoms with Gasteiger partial charge in [-0.05, 0) is 49.1 Å². The summed E-state index contributed by atoms with van der Waals surface area (Å²) in [7, 11) is 1.48. The van der Waals surface area contributed by atoms with Gasteiger partial charge in [0.1, 0.15) is 0 Å². The molecule has 0 saturated heterocycles. The minimum absolute atomic E-state index is 0.130. The standard InChI is InChI=1S/C20H22N2O4S/c1-14-4-6-16(7-5-14)21-18(23)12-22(3)19(24)13-26-20(25)9-8-17-15(2)10-11-27-17/h4-11H,12-13H2,1-3H3,(H,21,23)/b9-8+. The maximum Gasteiger partial charge on any atom is 0.331 e. The molecule has 27 heavy (non-hydrogen) atoms. The van der Waals surface area contributed by atoms with Gasteiger partial charge in [0.2, 0.25) is 5.91 Å². The fraction of sp³-hybridized carbons (Fsp3) is 0.250. The molecule has 2 rings (SSSR count). The second-order valence-corrected chi connectivity index (χ2v) is 7.02. The average molecular weight is 386 g/mol. The third-order valence-corrected chi connectivity index (χ3v) is 4.74. The topological polar surface area (TPSA) is 75.7 Å². The molecule has 1 N–H and O–H groups in total. The normalized spacial score (nSPS) is 10.6. The molecule has 6 nitrogen and oxygen atoms in total. The molecule has 0 saturated carbocycles. The van der Waals surface area contributed by atoms with Crippen LogP contribution in [0, 0.1) is 13.8 Å². The molecule has 0 radical (unpaired) electrons. The molecule has 142 valence electrons. The Bertz CT molecular complexity index is 840. The number of carbonyl (C=O) groups excluding carboxylic acids is 3. The van der Waals surface area contributed by atoms with Gasteiger partial charge in [0.25, 0.3) is 5.91 Å². The summed E-state index contributed by atoms with van der Waals surface area (Å²) in [5, 5.41) is 4.64. The number of anilines is 1. The molecule has 0 spiro atoms. The molecule has 0 aliphatic rings. The van der Waals surface area contributed by atoms with Crippen molar-refractivity contribution in [1.82, 2.24) is 4.90 Å². The van der Waals surface area contributed by atoms with Gasteiger partial charge in [0.05, 0.1) is 6.54 Å². The van der Waals surface area contributed by atoms with Gasteiger partial charge in [0, 0.05) is 23.7 Å². The number of rotatable bonds is 7. The molecule has 0 aliphatic carbocycles. The molecule has 1 aromatic carbocycles. The number of ether oxygens (including phenoxy) is 1. The quantitative estimate of drug-likeness (QED) is 0.586. The first-order valence-corrected chi connectivity index (χ1v) is 9.22.